The SMILES string of the molecule is C=CCN(C(=O)Cn1cnc2ccccc2c1=O)c1nc(-c2ccccc2)cs1. The second-order valence-electron chi connectivity index (χ2n) is 6.37. The molecule has 29 heavy (non-hydrogen) atoms. The number of hydrogen-bond donors (Lipinski definition) is 0. The number of aromatic nitrogens is 3. The number of carbonyl (C=O) groups is 1. The summed E-state index contributed by atoms with van der Waals surface area (Å²) in [5, 5.41) is 2.96. The van der Waals surface area contributed by atoms with E-state index >= 15 is 0 Å². The minimum atomic E-state index is -0.252. The monoisotopic (exact) mass is 402 g/mol. The molecule has 0 saturated heterocycles. The summed E-state index contributed by atoms with van der Waals surface area (Å²) < 4.78 is 1.33. The Balaban J connectivity index is 1.62. The molecule has 4 aromatic rings. The van der Waals surface area contributed by atoms with Crippen LogP contribution in [-0.2, 0) is 11.3 Å². The van der Waals surface area contributed by atoms with Crippen molar-refractivity contribution in [3.63, 3.8) is 0 Å². The lowest BCUT2D eigenvalue weighted by molar-refractivity contribution is -0.119. The molecule has 2 heterocycles. The Labute approximate surface area is 171 Å². The van der Waals surface area contributed by atoms with E-state index < -0.39 is 0 Å². The Morgan fingerprint density at radius 1 is 1.14 bits per heavy atom. The molecule has 7 heteroatoms. The van der Waals surface area contributed by atoms with Crippen molar-refractivity contribution in [2.75, 3.05) is 11.4 Å². The number of nitrogens with zero attached hydrogens (tertiary/aromatic N) is 4. The third-order valence-corrected chi connectivity index (χ3v) is 5.31. The first-order chi connectivity index (χ1) is 14.2. The maximum absolute atomic E-state index is 13.0. The zero-order valence-electron chi connectivity index (χ0n) is 15.6. The van der Waals surface area contributed by atoms with E-state index in [-0.39, 0.29) is 18.0 Å². The Morgan fingerprint density at radius 3 is 2.69 bits per heavy atom. The summed E-state index contributed by atoms with van der Waals surface area (Å²) in [4.78, 5) is 36.1. The summed E-state index contributed by atoms with van der Waals surface area (Å²) in [6.45, 7) is 3.92. The van der Waals surface area contributed by atoms with Crippen LogP contribution in [0, 0.1) is 0 Å². The van der Waals surface area contributed by atoms with Crippen LogP contribution in [0.25, 0.3) is 22.2 Å². The van der Waals surface area contributed by atoms with Gasteiger partial charge in [0.2, 0.25) is 5.91 Å². The lowest BCUT2D eigenvalue weighted by atomic mass is 10.2. The predicted molar refractivity (Wildman–Crippen MR) is 116 cm³/mol. The summed E-state index contributed by atoms with van der Waals surface area (Å²) in [6, 6.07) is 16.9. The fourth-order valence-electron chi connectivity index (χ4n) is 3.00. The molecule has 0 unspecified atom stereocenters. The molecule has 0 spiro atoms. The molecular weight excluding hydrogens is 384 g/mol. The van der Waals surface area contributed by atoms with E-state index in [1.165, 1.54) is 27.1 Å². The number of hydrogen-bond acceptors (Lipinski definition) is 5. The van der Waals surface area contributed by atoms with Crippen LogP contribution in [0.5, 0.6) is 0 Å². The van der Waals surface area contributed by atoms with Gasteiger partial charge in [-0.25, -0.2) is 9.97 Å². The quantitative estimate of drug-likeness (QED) is 0.461. The van der Waals surface area contributed by atoms with Crippen molar-refractivity contribution in [2.45, 2.75) is 6.54 Å². The summed E-state index contributed by atoms with van der Waals surface area (Å²) in [5.74, 6) is -0.252. The number of amides is 1. The summed E-state index contributed by atoms with van der Waals surface area (Å²) in [6.07, 6.45) is 3.05. The summed E-state index contributed by atoms with van der Waals surface area (Å²) >= 11 is 1.38. The molecule has 6 nitrogen and oxygen atoms in total. The van der Waals surface area contributed by atoms with Gasteiger partial charge < -0.3 is 0 Å². The normalized spacial score (nSPS) is 10.8. The van der Waals surface area contributed by atoms with E-state index in [0.29, 0.717) is 22.6 Å². The van der Waals surface area contributed by atoms with Crippen molar-refractivity contribution >= 4 is 33.3 Å². The van der Waals surface area contributed by atoms with Crippen LogP contribution in [-0.4, -0.2) is 27.0 Å². The molecule has 0 aliphatic rings. The minimum Gasteiger partial charge on any atom is -0.289 e. The molecule has 0 saturated carbocycles. The van der Waals surface area contributed by atoms with Gasteiger partial charge >= 0.3 is 0 Å². The van der Waals surface area contributed by atoms with E-state index in [0.717, 1.165) is 11.3 Å². The first-order valence-corrected chi connectivity index (χ1v) is 9.91. The van der Waals surface area contributed by atoms with Crippen molar-refractivity contribution in [3.8, 4) is 11.3 Å². The summed E-state index contributed by atoms with van der Waals surface area (Å²) in [5.41, 5.74) is 2.15. The van der Waals surface area contributed by atoms with Gasteiger partial charge in [0, 0.05) is 17.5 Å². The number of thiazole rings is 1. The number of rotatable bonds is 6. The van der Waals surface area contributed by atoms with Gasteiger partial charge in [-0.15, -0.1) is 17.9 Å². The first kappa shape index (κ1) is 18.8. The van der Waals surface area contributed by atoms with Gasteiger partial charge in [-0.05, 0) is 12.1 Å². The maximum atomic E-state index is 13.0. The summed E-state index contributed by atoms with van der Waals surface area (Å²) in [7, 11) is 0. The highest BCUT2D eigenvalue weighted by atomic mass is 32.1. The average molecular weight is 402 g/mol. The molecule has 144 valence electrons. The van der Waals surface area contributed by atoms with Crippen molar-refractivity contribution in [2.24, 2.45) is 0 Å². The molecule has 0 N–H and O–H groups in total. The zero-order valence-corrected chi connectivity index (χ0v) is 16.4. The number of anilines is 1. The van der Waals surface area contributed by atoms with Gasteiger partial charge in [0.15, 0.2) is 5.13 Å². The van der Waals surface area contributed by atoms with Crippen LogP contribution in [0.2, 0.25) is 0 Å². The number of carbonyl (C=O) groups excluding carboxylic acids is 1. The number of benzene rings is 2. The average Bonchev–Trinajstić information content (AvgIpc) is 3.24. The van der Waals surface area contributed by atoms with Gasteiger partial charge in [0.05, 0.1) is 22.9 Å². The molecule has 0 bridgehead atoms. The zero-order chi connectivity index (χ0) is 20.2. The van der Waals surface area contributed by atoms with E-state index in [2.05, 4.69) is 16.5 Å². The molecule has 0 aliphatic carbocycles. The van der Waals surface area contributed by atoms with Crippen LogP contribution in [0.15, 0.2) is 83.8 Å². The molecule has 2 aromatic carbocycles. The molecule has 0 aliphatic heterocycles. The third kappa shape index (κ3) is 3.86. The molecule has 0 fully saturated rings. The minimum absolute atomic E-state index is 0.120. The standard InChI is InChI=1S/C22H18N4O2S/c1-2-12-26(22-24-19(14-29-22)16-8-4-3-5-9-16)20(27)13-25-15-23-18-11-7-6-10-17(18)21(25)28/h2-11,14-15H,1,12-13H2. The van der Waals surface area contributed by atoms with E-state index in [9.17, 15) is 9.59 Å². The van der Waals surface area contributed by atoms with Gasteiger partial charge in [-0.1, -0.05) is 48.5 Å². The smallest absolute Gasteiger partial charge is 0.261 e. The first-order valence-electron chi connectivity index (χ1n) is 9.04. The van der Waals surface area contributed by atoms with Crippen LogP contribution >= 0.6 is 11.3 Å². The predicted octanol–water partition coefficient (Wildman–Crippen LogP) is 3.74. The van der Waals surface area contributed by atoms with Crippen molar-refractivity contribution in [1.29, 1.82) is 0 Å². The molecule has 0 atom stereocenters. The van der Waals surface area contributed by atoms with E-state index in [1.54, 1.807) is 24.3 Å². The largest absolute Gasteiger partial charge is 0.289 e. The second-order valence-corrected chi connectivity index (χ2v) is 7.21. The van der Waals surface area contributed by atoms with Gasteiger partial charge in [-0.3, -0.25) is 19.1 Å². The topological polar surface area (TPSA) is 68.1 Å². The fourth-order valence-corrected chi connectivity index (χ4v) is 3.86. The number of para-hydroxylation sites is 1. The Bertz CT molecular complexity index is 1230. The Kier molecular flexibility index (Phi) is 5.31. The van der Waals surface area contributed by atoms with Crippen molar-refractivity contribution < 1.29 is 4.79 Å². The lowest BCUT2D eigenvalue weighted by Crippen LogP contribution is -2.36. The highest BCUT2D eigenvalue weighted by Gasteiger charge is 2.19. The fraction of sp³-hybridized carbons (Fsp3) is 0.0909. The van der Waals surface area contributed by atoms with Crippen LogP contribution in [0.1, 0.15) is 0 Å². The van der Waals surface area contributed by atoms with Crippen LogP contribution < -0.4 is 10.5 Å². The van der Waals surface area contributed by atoms with Crippen LogP contribution in [0.4, 0.5) is 5.13 Å². The highest BCUT2D eigenvalue weighted by Crippen LogP contribution is 2.27. The molecule has 0 radical (unpaired) electrons. The van der Waals surface area contributed by atoms with Crippen molar-refractivity contribution in [1.82, 2.24) is 14.5 Å². The van der Waals surface area contributed by atoms with Crippen LogP contribution in [0.3, 0.4) is 0 Å². The second kappa shape index (κ2) is 8.20. The lowest BCUT2D eigenvalue weighted by Gasteiger charge is -2.18. The van der Waals surface area contributed by atoms with Crippen molar-refractivity contribution in [3.05, 3.63) is 89.3 Å². The number of fused-ring (bicyclic) bond motifs is 1. The van der Waals surface area contributed by atoms with Gasteiger partial charge in [-0.2, -0.15) is 0 Å². The third-order valence-electron chi connectivity index (χ3n) is 4.44. The highest BCUT2D eigenvalue weighted by molar-refractivity contribution is 7.14. The Morgan fingerprint density at radius 2 is 1.90 bits per heavy atom. The molecular formula is C22H18N4O2S. The van der Waals surface area contributed by atoms with E-state index in [4.69, 9.17) is 0 Å². The van der Waals surface area contributed by atoms with Gasteiger partial charge in [0.25, 0.3) is 5.56 Å². The molecule has 1 amide bonds. The van der Waals surface area contributed by atoms with Gasteiger partial charge in [0.1, 0.15) is 6.54 Å². The molecule has 2 aromatic heterocycles. The Hall–Kier alpha value is -3.58. The maximum Gasteiger partial charge on any atom is 0.261 e. The molecule has 4 rings (SSSR count). The van der Waals surface area contributed by atoms with E-state index in [1.807, 2.05) is 41.8 Å².